The van der Waals surface area contributed by atoms with E-state index in [-0.39, 0.29) is 0 Å². The fraction of sp³-hybridized carbons (Fsp3) is 0.167. The van der Waals surface area contributed by atoms with E-state index in [0.29, 0.717) is 11.3 Å². The molecule has 46 valence electrons. The summed E-state index contributed by atoms with van der Waals surface area (Å²) < 4.78 is 4.82. The minimum Gasteiger partial charge on any atom is -0.494 e. The molecule has 9 heavy (non-hydrogen) atoms. The summed E-state index contributed by atoms with van der Waals surface area (Å²) in [6.45, 7) is 0. The molecule has 0 unspecified atom stereocenters. The summed E-state index contributed by atoms with van der Waals surface area (Å²) in [6.07, 6.45) is 3.23. The molecule has 1 N–H and O–H groups in total. The Morgan fingerprint density at radius 3 is 2.89 bits per heavy atom. The summed E-state index contributed by atoms with van der Waals surface area (Å²) in [5, 5.41) is 8.39. The number of nitriles is 1. The van der Waals surface area contributed by atoms with Crippen LogP contribution >= 0.6 is 0 Å². The molecule has 1 rings (SSSR count). The first-order valence-corrected chi connectivity index (χ1v) is 2.49. The second-order valence-electron chi connectivity index (χ2n) is 1.55. The van der Waals surface area contributed by atoms with Crippen LogP contribution in [0.15, 0.2) is 12.4 Å². The van der Waals surface area contributed by atoms with E-state index in [0.717, 1.165) is 0 Å². The fourth-order valence-electron chi connectivity index (χ4n) is 0.606. The van der Waals surface area contributed by atoms with Gasteiger partial charge in [-0.05, 0) is 0 Å². The molecule has 0 spiro atoms. The molecule has 0 aliphatic heterocycles. The van der Waals surface area contributed by atoms with Crippen LogP contribution in [0.5, 0.6) is 5.75 Å². The van der Waals surface area contributed by atoms with Gasteiger partial charge < -0.3 is 9.72 Å². The summed E-state index contributed by atoms with van der Waals surface area (Å²) in [7, 11) is 1.53. The van der Waals surface area contributed by atoms with E-state index in [9.17, 15) is 0 Å². The molecule has 1 aromatic heterocycles. The predicted octanol–water partition coefficient (Wildman–Crippen LogP) is 0.895. The number of nitrogens with zero attached hydrogens (tertiary/aromatic N) is 1. The third-order valence-corrected chi connectivity index (χ3v) is 1.05. The van der Waals surface area contributed by atoms with Gasteiger partial charge in [-0.1, -0.05) is 0 Å². The fourth-order valence-corrected chi connectivity index (χ4v) is 0.606. The smallest absolute Gasteiger partial charge is 0.154 e. The van der Waals surface area contributed by atoms with E-state index in [2.05, 4.69) is 4.98 Å². The van der Waals surface area contributed by atoms with Gasteiger partial charge in [-0.25, -0.2) is 0 Å². The molecule has 0 aliphatic rings. The van der Waals surface area contributed by atoms with Gasteiger partial charge in [0, 0.05) is 12.4 Å². The van der Waals surface area contributed by atoms with Crippen molar-refractivity contribution in [1.29, 1.82) is 5.26 Å². The second-order valence-corrected chi connectivity index (χ2v) is 1.55. The molecule has 1 aromatic rings. The van der Waals surface area contributed by atoms with Gasteiger partial charge >= 0.3 is 0 Å². The van der Waals surface area contributed by atoms with Crippen LogP contribution in [0.3, 0.4) is 0 Å². The predicted molar refractivity (Wildman–Crippen MR) is 32.1 cm³/mol. The second kappa shape index (κ2) is 2.23. The van der Waals surface area contributed by atoms with Crippen molar-refractivity contribution in [2.45, 2.75) is 0 Å². The molecule has 0 amide bonds. The van der Waals surface area contributed by atoms with E-state index in [1.165, 1.54) is 7.11 Å². The topological polar surface area (TPSA) is 48.8 Å². The molecule has 0 saturated carbocycles. The molecule has 0 aromatic carbocycles. The Balaban J connectivity index is 3.02. The van der Waals surface area contributed by atoms with E-state index >= 15 is 0 Å². The first-order chi connectivity index (χ1) is 4.38. The SMILES string of the molecule is COc1c[nH]cc1C#N. The van der Waals surface area contributed by atoms with Crippen LogP contribution in [0.4, 0.5) is 0 Å². The van der Waals surface area contributed by atoms with Crippen molar-refractivity contribution < 1.29 is 4.74 Å². The van der Waals surface area contributed by atoms with Gasteiger partial charge in [-0.2, -0.15) is 5.26 Å². The Morgan fingerprint density at radius 1 is 1.67 bits per heavy atom. The average Bonchev–Trinajstić information content (AvgIpc) is 2.33. The van der Waals surface area contributed by atoms with Crippen LogP contribution in [0.2, 0.25) is 0 Å². The van der Waals surface area contributed by atoms with E-state index in [1.54, 1.807) is 12.4 Å². The van der Waals surface area contributed by atoms with Gasteiger partial charge in [0.1, 0.15) is 11.6 Å². The summed E-state index contributed by atoms with van der Waals surface area (Å²) in [4.78, 5) is 2.75. The van der Waals surface area contributed by atoms with Crippen LogP contribution in [0.25, 0.3) is 0 Å². The van der Waals surface area contributed by atoms with Crippen LogP contribution in [-0.2, 0) is 0 Å². The lowest BCUT2D eigenvalue weighted by molar-refractivity contribution is 0.414. The molecule has 0 atom stereocenters. The lowest BCUT2D eigenvalue weighted by Crippen LogP contribution is -1.80. The van der Waals surface area contributed by atoms with Crippen LogP contribution in [-0.4, -0.2) is 12.1 Å². The normalized spacial score (nSPS) is 8.44. The molecule has 0 radical (unpaired) electrons. The molecule has 0 fully saturated rings. The zero-order valence-corrected chi connectivity index (χ0v) is 5.01. The number of hydrogen-bond donors (Lipinski definition) is 1. The van der Waals surface area contributed by atoms with E-state index in [4.69, 9.17) is 10.00 Å². The highest BCUT2D eigenvalue weighted by Gasteiger charge is 1.98. The van der Waals surface area contributed by atoms with Crippen molar-refractivity contribution >= 4 is 0 Å². The standard InChI is InChI=1S/C6H6N2O/c1-9-6-4-8-3-5(6)2-7/h3-4,8H,1H3. The molecular weight excluding hydrogens is 116 g/mol. The number of aromatic amines is 1. The Hall–Kier alpha value is -1.43. The summed E-state index contributed by atoms with van der Waals surface area (Å²) in [5.74, 6) is 0.595. The summed E-state index contributed by atoms with van der Waals surface area (Å²) in [6, 6.07) is 1.97. The molecule has 1 heterocycles. The van der Waals surface area contributed by atoms with Gasteiger partial charge in [0.25, 0.3) is 0 Å². The molecule has 0 aliphatic carbocycles. The van der Waals surface area contributed by atoms with Gasteiger partial charge in [0.15, 0.2) is 5.75 Å². The van der Waals surface area contributed by atoms with Crippen molar-refractivity contribution in [1.82, 2.24) is 4.98 Å². The number of hydrogen-bond acceptors (Lipinski definition) is 2. The minimum atomic E-state index is 0.539. The number of rotatable bonds is 1. The lowest BCUT2D eigenvalue weighted by atomic mass is 10.3. The lowest BCUT2D eigenvalue weighted by Gasteiger charge is -1.90. The zero-order chi connectivity index (χ0) is 6.69. The van der Waals surface area contributed by atoms with E-state index < -0.39 is 0 Å². The maximum absolute atomic E-state index is 8.39. The van der Waals surface area contributed by atoms with Crippen molar-refractivity contribution in [3.05, 3.63) is 18.0 Å². The third kappa shape index (κ3) is 0.868. The van der Waals surface area contributed by atoms with Crippen molar-refractivity contribution in [2.75, 3.05) is 7.11 Å². The maximum Gasteiger partial charge on any atom is 0.154 e. The Labute approximate surface area is 52.9 Å². The van der Waals surface area contributed by atoms with Crippen molar-refractivity contribution in [3.63, 3.8) is 0 Å². The number of ether oxygens (including phenoxy) is 1. The van der Waals surface area contributed by atoms with Crippen LogP contribution in [0, 0.1) is 11.3 Å². The highest BCUT2D eigenvalue weighted by Crippen LogP contribution is 2.13. The van der Waals surface area contributed by atoms with Gasteiger partial charge in [-0.15, -0.1) is 0 Å². The zero-order valence-electron chi connectivity index (χ0n) is 5.01. The Bertz CT molecular complexity index is 233. The van der Waals surface area contributed by atoms with Crippen molar-refractivity contribution in [2.24, 2.45) is 0 Å². The van der Waals surface area contributed by atoms with E-state index in [1.807, 2.05) is 6.07 Å². The highest BCUT2D eigenvalue weighted by atomic mass is 16.5. The largest absolute Gasteiger partial charge is 0.494 e. The van der Waals surface area contributed by atoms with Gasteiger partial charge in [-0.3, -0.25) is 0 Å². The van der Waals surface area contributed by atoms with Crippen LogP contribution < -0.4 is 4.74 Å². The van der Waals surface area contributed by atoms with Gasteiger partial charge in [0.2, 0.25) is 0 Å². The molecule has 3 heteroatoms. The molecular formula is C6H6N2O. The Morgan fingerprint density at radius 2 is 2.44 bits per heavy atom. The average molecular weight is 122 g/mol. The first kappa shape index (κ1) is 5.70. The summed E-state index contributed by atoms with van der Waals surface area (Å²) in [5.41, 5.74) is 0.539. The number of nitrogens with one attached hydrogen (secondary N) is 1. The van der Waals surface area contributed by atoms with Crippen molar-refractivity contribution in [3.8, 4) is 11.8 Å². The van der Waals surface area contributed by atoms with Crippen LogP contribution in [0.1, 0.15) is 5.56 Å². The first-order valence-electron chi connectivity index (χ1n) is 2.49. The molecule has 0 bridgehead atoms. The number of H-pyrrole nitrogens is 1. The number of methoxy groups -OCH3 is 1. The number of aromatic nitrogens is 1. The Kier molecular flexibility index (Phi) is 1.41. The molecule has 3 nitrogen and oxygen atoms in total. The third-order valence-electron chi connectivity index (χ3n) is 1.05. The monoisotopic (exact) mass is 122 g/mol. The highest BCUT2D eigenvalue weighted by molar-refractivity contribution is 5.40. The quantitative estimate of drug-likeness (QED) is 0.601. The minimum absolute atomic E-state index is 0.539. The maximum atomic E-state index is 8.39. The summed E-state index contributed by atoms with van der Waals surface area (Å²) >= 11 is 0. The molecule has 0 saturated heterocycles. The van der Waals surface area contributed by atoms with Gasteiger partial charge in [0.05, 0.1) is 7.11 Å².